The van der Waals surface area contributed by atoms with Crippen molar-refractivity contribution >= 4 is 33.5 Å². The number of hydrogen-bond acceptors (Lipinski definition) is 3. The van der Waals surface area contributed by atoms with Gasteiger partial charge in [0.2, 0.25) is 0 Å². The van der Waals surface area contributed by atoms with Crippen molar-refractivity contribution in [2.75, 3.05) is 5.33 Å². The molecule has 0 bridgehead atoms. The molecule has 3 N–H and O–H groups in total. The van der Waals surface area contributed by atoms with Crippen LogP contribution in [0.15, 0.2) is 18.2 Å². The third-order valence-corrected chi connectivity index (χ3v) is 3.10. The average Bonchev–Trinajstić information content (AvgIpc) is 2.27. The molecule has 1 aromatic rings. The number of halogens is 2. The van der Waals surface area contributed by atoms with Crippen molar-refractivity contribution < 1.29 is 20.1 Å². The number of rotatable bonds is 5. The zero-order chi connectivity index (χ0) is 13.0. The Morgan fingerprint density at radius 2 is 2.06 bits per heavy atom. The Hall–Kier alpha value is -0.620. The van der Waals surface area contributed by atoms with Crippen molar-refractivity contribution in [2.24, 2.45) is 0 Å². The summed E-state index contributed by atoms with van der Waals surface area (Å²) in [4.78, 5) is 10.7. The van der Waals surface area contributed by atoms with Gasteiger partial charge in [-0.15, -0.1) is 0 Å². The van der Waals surface area contributed by atoms with Gasteiger partial charge in [-0.05, 0) is 24.1 Å². The van der Waals surface area contributed by atoms with Gasteiger partial charge in [-0.1, -0.05) is 33.6 Å². The molecule has 0 amide bonds. The van der Waals surface area contributed by atoms with Gasteiger partial charge in [-0.2, -0.15) is 0 Å². The largest absolute Gasteiger partial charge is 0.478 e. The van der Waals surface area contributed by atoms with Crippen molar-refractivity contribution in [3.8, 4) is 0 Å². The van der Waals surface area contributed by atoms with Crippen molar-refractivity contribution in [2.45, 2.75) is 18.6 Å². The summed E-state index contributed by atoms with van der Waals surface area (Å²) < 4.78 is 0. The van der Waals surface area contributed by atoms with Crippen molar-refractivity contribution in [1.29, 1.82) is 0 Å². The minimum absolute atomic E-state index is 0.0300. The molecule has 1 aromatic carbocycles. The molecule has 2 atom stereocenters. The summed E-state index contributed by atoms with van der Waals surface area (Å²) in [5.74, 6) is -1.13. The molecule has 0 spiro atoms. The second-order valence-electron chi connectivity index (χ2n) is 3.53. The lowest BCUT2D eigenvalue weighted by Gasteiger charge is -2.17. The van der Waals surface area contributed by atoms with E-state index in [1.54, 1.807) is 0 Å². The number of aliphatic hydroxyl groups excluding tert-OH is 2. The van der Waals surface area contributed by atoms with E-state index in [0.29, 0.717) is 17.3 Å². The van der Waals surface area contributed by atoms with Crippen molar-refractivity contribution in [3.05, 3.63) is 34.3 Å². The second kappa shape index (κ2) is 6.35. The highest BCUT2D eigenvalue weighted by Gasteiger charge is 2.19. The highest BCUT2D eigenvalue weighted by atomic mass is 79.9. The monoisotopic (exact) mass is 322 g/mol. The van der Waals surface area contributed by atoms with Gasteiger partial charge < -0.3 is 15.3 Å². The molecule has 94 valence electrons. The lowest BCUT2D eigenvalue weighted by atomic mass is 10.0. The Morgan fingerprint density at radius 3 is 2.53 bits per heavy atom. The first-order valence-electron chi connectivity index (χ1n) is 4.92. The van der Waals surface area contributed by atoms with Crippen LogP contribution in [0.1, 0.15) is 28.4 Å². The number of carboxylic acids is 1. The molecule has 0 fully saturated rings. The number of aliphatic hydroxyl groups is 2. The zero-order valence-electron chi connectivity index (χ0n) is 8.81. The molecule has 0 heterocycles. The Morgan fingerprint density at radius 1 is 1.41 bits per heavy atom. The molecule has 0 saturated heterocycles. The van der Waals surface area contributed by atoms with Gasteiger partial charge in [-0.25, -0.2) is 4.79 Å². The van der Waals surface area contributed by atoms with Gasteiger partial charge in [0.25, 0.3) is 0 Å². The smallest absolute Gasteiger partial charge is 0.337 e. The van der Waals surface area contributed by atoms with Crippen LogP contribution in [0.4, 0.5) is 0 Å². The fraction of sp³-hybridized carbons (Fsp3) is 0.364. The van der Waals surface area contributed by atoms with E-state index in [0.717, 1.165) is 0 Å². The molecular weight excluding hydrogens is 311 g/mol. The van der Waals surface area contributed by atoms with E-state index in [4.69, 9.17) is 16.7 Å². The fourth-order valence-corrected chi connectivity index (χ4v) is 2.12. The molecule has 0 radical (unpaired) electrons. The van der Waals surface area contributed by atoms with Crippen LogP contribution in [0.5, 0.6) is 0 Å². The highest BCUT2D eigenvalue weighted by Crippen LogP contribution is 2.25. The van der Waals surface area contributed by atoms with Crippen LogP contribution < -0.4 is 0 Å². The van der Waals surface area contributed by atoms with E-state index < -0.39 is 18.2 Å². The topological polar surface area (TPSA) is 77.8 Å². The summed E-state index contributed by atoms with van der Waals surface area (Å²) in [5.41, 5.74) is 0.367. The van der Waals surface area contributed by atoms with Crippen LogP contribution in [0, 0.1) is 0 Å². The normalized spacial score (nSPS) is 14.4. The van der Waals surface area contributed by atoms with Gasteiger partial charge in [0.15, 0.2) is 0 Å². The van der Waals surface area contributed by atoms with Crippen molar-refractivity contribution in [3.63, 3.8) is 0 Å². The molecule has 0 aliphatic rings. The number of alkyl halides is 1. The average molecular weight is 324 g/mol. The molecule has 2 unspecified atom stereocenters. The third kappa shape index (κ3) is 3.67. The maximum Gasteiger partial charge on any atom is 0.337 e. The van der Waals surface area contributed by atoms with E-state index in [9.17, 15) is 15.0 Å². The molecular formula is C11H12BrClO4. The van der Waals surface area contributed by atoms with E-state index in [1.807, 2.05) is 0 Å². The summed E-state index contributed by atoms with van der Waals surface area (Å²) in [6, 6.07) is 4.11. The number of benzene rings is 1. The fourth-order valence-electron chi connectivity index (χ4n) is 1.38. The van der Waals surface area contributed by atoms with Gasteiger partial charge in [0, 0.05) is 5.33 Å². The molecule has 17 heavy (non-hydrogen) atoms. The third-order valence-electron chi connectivity index (χ3n) is 2.33. The van der Waals surface area contributed by atoms with Gasteiger partial charge in [-0.3, -0.25) is 0 Å². The first-order chi connectivity index (χ1) is 7.97. The van der Waals surface area contributed by atoms with Crippen LogP contribution >= 0.6 is 27.5 Å². The predicted molar refractivity (Wildman–Crippen MR) is 67.8 cm³/mol. The minimum atomic E-state index is -1.13. The lowest BCUT2D eigenvalue weighted by Crippen LogP contribution is -2.18. The molecule has 1 rings (SSSR count). The lowest BCUT2D eigenvalue weighted by molar-refractivity contribution is 0.0173. The van der Waals surface area contributed by atoms with E-state index >= 15 is 0 Å². The summed E-state index contributed by atoms with van der Waals surface area (Å²) in [5, 5.41) is 28.8. The SMILES string of the molecule is O=C(O)c1ccc(C(O)C(O)CCBr)cc1Cl. The summed E-state index contributed by atoms with van der Waals surface area (Å²) in [6.45, 7) is 0. The van der Waals surface area contributed by atoms with Crippen LogP contribution in [0.2, 0.25) is 5.02 Å². The minimum Gasteiger partial charge on any atom is -0.478 e. The van der Waals surface area contributed by atoms with Crippen LogP contribution in [-0.4, -0.2) is 32.7 Å². The first kappa shape index (κ1) is 14.4. The zero-order valence-corrected chi connectivity index (χ0v) is 11.1. The van der Waals surface area contributed by atoms with Crippen molar-refractivity contribution in [1.82, 2.24) is 0 Å². The van der Waals surface area contributed by atoms with Gasteiger partial charge in [0.1, 0.15) is 6.10 Å². The van der Waals surface area contributed by atoms with Crippen LogP contribution in [0.3, 0.4) is 0 Å². The Balaban J connectivity index is 2.93. The first-order valence-corrected chi connectivity index (χ1v) is 6.42. The highest BCUT2D eigenvalue weighted by molar-refractivity contribution is 9.09. The van der Waals surface area contributed by atoms with E-state index in [1.165, 1.54) is 18.2 Å². The Kier molecular flexibility index (Phi) is 5.39. The maximum absolute atomic E-state index is 10.7. The summed E-state index contributed by atoms with van der Waals surface area (Å²) in [6.07, 6.45) is -1.60. The standard InChI is InChI=1S/C11H12BrClO4/c12-4-3-9(14)10(15)6-1-2-7(11(16)17)8(13)5-6/h1-2,5,9-10,14-15H,3-4H2,(H,16,17). The van der Waals surface area contributed by atoms with E-state index in [2.05, 4.69) is 15.9 Å². The van der Waals surface area contributed by atoms with Gasteiger partial charge >= 0.3 is 5.97 Å². The molecule has 6 heteroatoms. The molecule has 0 aliphatic heterocycles. The number of carbonyl (C=O) groups is 1. The van der Waals surface area contributed by atoms with Gasteiger partial charge in [0.05, 0.1) is 16.7 Å². The predicted octanol–water partition coefficient (Wildman–Crippen LogP) is 2.22. The number of hydrogen-bond donors (Lipinski definition) is 3. The molecule has 4 nitrogen and oxygen atoms in total. The molecule has 0 aliphatic carbocycles. The number of carboxylic acid groups (broad SMARTS) is 1. The maximum atomic E-state index is 10.7. The van der Waals surface area contributed by atoms with Crippen LogP contribution in [-0.2, 0) is 0 Å². The Labute approximate surface area is 112 Å². The van der Waals surface area contributed by atoms with Crippen LogP contribution in [0.25, 0.3) is 0 Å². The van der Waals surface area contributed by atoms with E-state index in [-0.39, 0.29) is 10.6 Å². The quantitative estimate of drug-likeness (QED) is 0.726. The Bertz CT molecular complexity index is 410. The summed E-state index contributed by atoms with van der Waals surface area (Å²) in [7, 11) is 0. The number of aromatic carboxylic acids is 1. The summed E-state index contributed by atoms with van der Waals surface area (Å²) >= 11 is 8.93. The molecule has 0 aromatic heterocycles. The molecule has 0 saturated carbocycles. The second-order valence-corrected chi connectivity index (χ2v) is 4.73.